The zero-order valence-electron chi connectivity index (χ0n) is 3.10. The van der Waals surface area contributed by atoms with Crippen LogP contribution in [-0.2, 0) is 47.3 Å². The maximum atomic E-state index is 9.15. The predicted molar refractivity (Wildman–Crippen MR) is 9.00 cm³/mol. The smallest absolute Gasteiger partial charge is 0 e. The van der Waals surface area contributed by atoms with Gasteiger partial charge in [0.05, 0.1) is 0 Å². The van der Waals surface area contributed by atoms with Gasteiger partial charge in [-0.1, -0.05) is 0 Å². The van der Waals surface area contributed by atoms with Crippen LogP contribution in [0, 0.1) is 0 Å². The van der Waals surface area contributed by atoms with E-state index in [-0.39, 0.29) is 19.5 Å². The molecular weight excluding hydrogens is 220 g/mol. The summed E-state index contributed by atoms with van der Waals surface area (Å²) in [5.74, 6) is 0. The van der Waals surface area contributed by atoms with Crippen LogP contribution in [0.3, 0.4) is 0 Å². The Morgan fingerprint density at radius 2 is 1.43 bits per heavy atom. The zero-order chi connectivity index (χ0) is 5.21. The van der Waals surface area contributed by atoms with Gasteiger partial charge in [-0.3, -0.25) is 0 Å². The molecule has 0 aliphatic rings. The summed E-state index contributed by atoms with van der Waals surface area (Å²) >= 11 is -1.03. The van der Waals surface area contributed by atoms with Crippen molar-refractivity contribution in [1.82, 2.24) is 0 Å². The van der Waals surface area contributed by atoms with Crippen molar-refractivity contribution >= 4 is 11.9 Å². The summed E-state index contributed by atoms with van der Waals surface area (Å²) in [4.78, 5) is 0. The predicted octanol–water partition coefficient (Wildman–Crippen LogP) is 0.260. The largest absolute Gasteiger partial charge is 0 e. The van der Waals surface area contributed by atoms with Crippen LogP contribution in [0.15, 0.2) is 0 Å². The first kappa shape index (κ1) is 10.7. The van der Waals surface area contributed by atoms with E-state index in [0.29, 0.717) is 0 Å². The molecule has 0 saturated carbocycles. The van der Waals surface area contributed by atoms with E-state index in [2.05, 4.69) is 15.2 Å². The van der Waals surface area contributed by atoms with Gasteiger partial charge in [-0.05, 0) is 0 Å². The van der Waals surface area contributed by atoms with Crippen LogP contribution < -0.4 is 0 Å². The minimum Gasteiger partial charge on any atom is 0 e. The molecule has 0 unspecified atom stereocenters. The number of hydrogen-bond donors (Lipinski definition) is 0. The first-order valence-electron chi connectivity index (χ1n) is 0.772. The number of halogens is 1. The minimum absolute atomic E-state index is 0. The Hall–Kier alpha value is 0.793. The quantitative estimate of drug-likeness (QED) is 0.594. The summed E-state index contributed by atoms with van der Waals surface area (Å²) in [6, 6.07) is 0. The van der Waals surface area contributed by atoms with Gasteiger partial charge in [-0.25, -0.2) is 0 Å². The van der Waals surface area contributed by atoms with Crippen LogP contribution in [0.1, 0.15) is 0 Å². The standard InChI is InChI=1S/ClO.Mn.3O.Zn/c1-2;;;;;/q-1;+1;;;;. The van der Waals surface area contributed by atoms with Gasteiger partial charge in [-0.15, -0.1) is 0 Å². The molecule has 0 aromatic rings. The van der Waals surface area contributed by atoms with Crippen LogP contribution in [-0.4, -0.2) is 0 Å². The topological polar surface area (TPSA) is 60.4 Å². The Kier molecular flexibility index (Phi) is 5.75. The molecule has 0 atom stereocenters. The third-order valence-corrected chi connectivity index (χ3v) is 0.884. The van der Waals surface area contributed by atoms with E-state index in [9.17, 15) is 0 Å². The zero-order valence-corrected chi connectivity index (χ0v) is 8.00. The van der Waals surface area contributed by atoms with Gasteiger partial charge in [0.25, 0.3) is 0 Å². The van der Waals surface area contributed by atoms with Crippen molar-refractivity contribution in [3.05, 3.63) is 0 Å². The summed E-state index contributed by atoms with van der Waals surface area (Å²) in [6.07, 6.45) is 0. The number of hydrogen-bond acceptors (Lipinski definition) is 4. The van der Waals surface area contributed by atoms with Gasteiger partial charge >= 0.3 is 39.7 Å². The summed E-state index contributed by atoms with van der Waals surface area (Å²) in [7, 11) is 0. The Bertz CT molecular complexity index is 145. The maximum absolute atomic E-state index is 9.15. The Morgan fingerprint density at radius 1 is 1.29 bits per heavy atom. The van der Waals surface area contributed by atoms with Gasteiger partial charge in [-0.2, -0.15) is 0 Å². The fourth-order valence-electron chi connectivity index (χ4n) is 0. The Balaban J connectivity index is 0. The molecule has 0 N–H and O–H groups in total. The third kappa shape index (κ3) is 10.8. The van der Waals surface area contributed by atoms with Crippen LogP contribution in [0.2, 0.25) is 0 Å². The van der Waals surface area contributed by atoms with Crippen molar-refractivity contribution in [2.24, 2.45) is 0 Å². The molecule has 0 fully saturated rings. The molecule has 0 heterocycles. The summed E-state index contributed by atoms with van der Waals surface area (Å²) in [5, 5.41) is 0. The maximum Gasteiger partial charge on any atom is 0 e. The first-order chi connectivity index (χ1) is 2.56. The fourth-order valence-corrected chi connectivity index (χ4v) is 0. The third-order valence-electron chi connectivity index (χ3n) is 0.0714. The molecule has 0 aliphatic heterocycles. The summed E-state index contributed by atoms with van der Waals surface area (Å²) in [6.45, 7) is 0. The molecule has 7 heteroatoms. The summed E-state index contributed by atoms with van der Waals surface area (Å²) < 4.78 is 30.3. The van der Waals surface area contributed by atoms with Crippen molar-refractivity contribution in [3.63, 3.8) is 0 Å². The molecule has 40 valence electrons. The second-order valence-electron chi connectivity index (χ2n) is 0.436. The molecule has 0 rings (SSSR count). The molecular formula is ClMnO4Zn. The molecule has 0 saturated heterocycles. The first-order valence-corrected chi connectivity index (χ1v) is 3.01. The monoisotopic (exact) mass is 218 g/mol. The molecule has 0 radical (unpaired) electrons. The van der Waals surface area contributed by atoms with Crippen LogP contribution >= 0.6 is 11.9 Å². The van der Waals surface area contributed by atoms with Gasteiger partial charge in [0.2, 0.25) is 0 Å². The van der Waals surface area contributed by atoms with E-state index in [4.69, 9.17) is 11.5 Å². The van der Waals surface area contributed by atoms with Crippen molar-refractivity contribution in [2.75, 3.05) is 0 Å². The van der Waals surface area contributed by atoms with Crippen LogP contribution in [0.25, 0.3) is 0 Å². The van der Waals surface area contributed by atoms with Crippen LogP contribution in [0.4, 0.5) is 0 Å². The molecule has 7 heavy (non-hydrogen) atoms. The van der Waals surface area contributed by atoms with E-state index in [1.807, 2.05) is 0 Å². The van der Waals surface area contributed by atoms with E-state index in [0.717, 1.165) is 0 Å². The van der Waals surface area contributed by atoms with Crippen LogP contribution in [0.5, 0.6) is 0 Å². The SMILES string of the molecule is [O]=[Mn](=[O])(=[O])[O]Cl.[Zn]. The molecule has 0 bridgehead atoms. The average molecular weight is 220 g/mol. The molecule has 0 amide bonds. The molecule has 4 nitrogen and oxygen atoms in total. The van der Waals surface area contributed by atoms with Crippen molar-refractivity contribution in [2.45, 2.75) is 0 Å². The molecule has 0 spiro atoms. The van der Waals surface area contributed by atoms with Crippen molar-refractivity contribution in [3.8, 4) is 0 Å². The fraction of sp³-hybridized carbons (Fsp3) is 0. The summed E-state index contributed by atoms with van der Waals surface area (Å²) in [5.41, 5.74) is 0. The normalized spacial score (nSPS) is 9.86. The molecule has 0 aliphatic carbocycles. The second kappa shape index (κ2) is 3.75. The average Bonchev–Trinajstić information content (AvgIpc) is 1.35. The van der Waals surface area contributed by atoms with E-state index >= 15 is 0 Å². The van der Waals surface area contributed by atoms with Gasteiger partial charge in [0, 0.05) is 19.5 Å². The van der Waals surface area contributed by atoms with E-state index < -0.39 is 13.0 Å². The molecule has 0 aromatic carbocycles. The van der Waals surface area contributed by atoms with Crippen molar-refractivity contribution in [1.29, 1.82) is 0 Å². The molecule has 0 aromatic heterocycles. The van der Waals surface area contributed by atoms with Crippen molar-refractivity contribution < 1.29 is 47.3 Å². The Labute approximate surface area is 59.3 Å². The Morgan fingerprint density at radius 3 is 1.43 bits per heavy atom. The van der Waals surface area contributed by atoms with Gasteiger partial charge < -0.3 is 0 Å². The van der Waals surface area contributed by atoms with E-state index in [1.54, 1.807) is 0 Å². The van der Waals surface area contributed by atoms with E-state index in [1.165, 1.54) is 0 Å². The van der Waals surface area contributed by atoms with Gasteiger partial charge in [0.1, 0.15) is 0 Å². The van der Waals surface area contributed by atoms with Gasteiger partial charge in [0.15, 0.2) is 0 Å². The minimum atomic E-state index is -5.13. The number of rotatable bonds is 1. The second-order valence-corrected chi connectivity index (χ2v) is 2.28.